The standard InChI is InChI=1S/C19H18O6/c1-8-19(2,3)14-12(24-8)7-11(21)13-15(22)9-5-6-10(20)17(23-4)16(9)25-18(13)14/h5-8,20-21H,1-4H3/t8-/m1/s1. The van der Waals surface area contributed by atoms with Gasteiger partial charge in [-0.05, 0) is 19.1 Å². The number of phenols is 2. The third-order valence-electron chi connectivity index (χ3n) is 5.16. The normalized spacial score (nSPS) is 18.3. The largest absolute Gasteiger partial charge is 0.507 e. The van der Waals surface area contributed by atoms with E-state index in [1.54, 1.807) is 0 Å². The van der Waals surface area contributed by atoms with Gasteiger partial charge in [-0.15, -0.1) is 0 Å². The second-order valence-corrected chi connectivity index (χ2v) is 6.88. The number of benzene rings is 2. The zero-order chi connectivity index (χ0) is 18.1. The van der Waals surface area contributed by atoms with Crippen molar-refractivity contribution in [1.29, 1.82) is 0 Å². The minimum Gasteiger partial charge on any atom is -0.507 e. The monoisotopic (exact) mass is 342 g/mol. The Balaban J connectivity index is 2.27. The van der Waals surface area contributed by atoms with E-state index in [2.05, 4.69) is 0 Å². The molecule has 130 valence electrons. The van der Waals surface area contributed by atoms with Gasteiger partial charge in [0.15, 0.2) is 11.3 Å². The van der Waals surface area contributed by atoms with Gasteiger partial charge in [0, 0.05) is 17.0 Å². The van der Waals surface area contributed by atoms with Crippen molar-refractivity contribution in [3.8, 4) is 23.0 Å². The summed E-state index contributed by atoms with van der Waals surface area (Å²) in [5.74, 6) is 0.252. The van der Waals surface area contributed by atoms with Crippen molar-refractivity contribution in [2.24, 2.45) is 0 Å². The Morgan fingerprint density at radius 3 is 2.56 bits per heavy atom. The number of rotatable bonds is 1. The zero-order valence-electron chi connectivity index (χ0n) is 14.3. The first-order chi connectivity index (χ1) is 11.8. The van der Waals surface area contributed by atoms with Crippen LogP contribution in [-0.4, -0.2) is 23.4 Å². The molecule has 25 heavy (non-hydrogen) atoms. The molecular formula is C19H18O6. The third kappa shape index (κ3) is 1.88. The molecule has 2 N–H and O–H groups in total. The van der Waals surface area contributed by atoms with E-state index >= 15 is 0 Å². The Morgan fingerprint density at radius 2 is 1.88 bits per heavy atom. The lowest BCUT2D eigenvalue weighted by Gasteiger charge is -2.22. The summed E-state index contributed by atoms with van der Waals surface area (Å²) in [6.45, 7) is 5.90. The van der Waals surface area contributed by atoms with E-state index in [1.165, 1.54) is 25.3 Å². The first-order valence-electron chi connectivity index (χ1n) is 7.97. The maximum absolute atomic E-state index is 13.0. The zero-order valence-corrected chi connectivity index (χ0v) is 14.3. The lowest BCUT2D eigenvalue weighted by atomic mass is 9.81. The summed E-state index contributed by atoms with van der Waals surface area (Å²) < 4.78 is 17.1. The summed E-state index contributed by atoms with van der Waals surface area (Å²) in [4.78, 5) is 13.0. The second-order valence-electron chi connectivity index (χ2n) is 6.88. The molecule has 0 saturated carbocycles. The smallest absolute Gasteiger partial charge is 0.204 e. The van der Waals surface area contributed by atoms with Crippen LogP contribution in [0.2, 0.25) is 0 Å². The van der Waals surface area contributed by atoms with Gasteiger partial charge in [0.1, 0.15) is 28.6 Å². The van der Waals surface area contributed by atoms with Crippen LogP contribution < -0.4 is 14.9 Å². The molecule has 0 fully saturated rings. The topological polar surface area (TPSA) is 89.1 Å². The predicted molar refractivity (Wildman–Crippen MR) is 93.0 cm³/mol. The molecule has 1 aliphatic rings. The maximum Gasteiger partial charge on any atom is 0.204 e. The van der Waals surface area contributed by atoms with Gasteiger partial charge in [0.25, 0.3) is 0 Å². The summed E-state index contributed by atoms with van der Waals surface area (Å²) in [6.07, 6.45) is -0.153. The molecule has 2 aromatic carbocycles. The molecule has 6 heteroatoms. The molecule has 0 amide bonds. The molecule has 0 spiro atoms. The number of aromatic hydroxyl groups is 2. The van der Waals surface area contributed by atoms with E-state index in [1.807, 2.05) is 20.8 Å². The molecule has 4 rings (SSSR count). The first-order valence-corrected chi connectivity index (χ1v) is 7.97. The van der Waals surface area contributed by atoms with Crippen LogP contribution in [-0.2, 0) is 5.41 Å². The molecule has 1 atom stereocenters. The van der Waals surface area contributed by atoms with Crippen molar-refractivity contribution in [3.05, 3.63) is 34.0 Å². The molecule has 1 aromatic heterocycles. The third-order valence-corrected chi connectivity index (χ3v) is 5.16. The quantitative estimate of drug-likeness (QED) is 0.659. The first kappa shape index (κ1) is 15.6. The van der Waals surface area contributed by atoms with Crippen LogP contribution in [0.3, 0.4) is 0 Å². The summed E-state index contributed by atoms with van der Waals surface area (Å²) >= 11 is 0. The summed E-state index contributed by atoms with van der Waals surface area (Å²) in [5.41, 5.74) is 0.311. The maximum atomic E-state index is 13.0. The van der Waals surface area contributed by atoms with Crippen LogP contribution in [0.15, 0.2) is 27.4 Å². The van der Waals surface area contributed by atoms with Crippen molar-refractivity contribution in [2.75, 3.05) is 7.11 Å². The fraction of sp³-hybridized carbons (Fsp3) is 0.316. The molecule has 2 heterocycles. The molecule has 6 nitrogen and oxygen atoms in total. The van der Waals surface area contributed by atoms with Crippen molar-refractivity contribution in [2.45, 2.75) is 32.3 Å². The van der Waals surface area contributed by atoms with Gasteiger partial charge < -0.3 is 24.1 Å². The molecule has 0 bridgehead atoms. The number of methoxy groups -OCH3 is 1. The van der Waals surface area contributed by atoms with E-state index in [4.69, 9.17) is 13.9 Å². The average Bonchev–Trinajstić information content (AvgIpc) is 2.76. The van der Waals surface area contributed by atoms with Crippen LogP contribution in [0.25, 0.3) is 21.9 Å². The fourth-order valence-corrected chi connectivity index (χ4v) is 3.45. The highest BCUT2D eigenvalue weighted by Gasteiger charge is 2.42. The van der Waals surface area contributed by atoms with Gasteiger partial charge in [-0.1, -0.05) is 13.8 Å². The molecule has 0 unspecified atom stereocenters. The van der Waals surface area contributed by atoms with Gasteiger partial charge in [-0.25, -0.2) is 0 Å². The lowest BCUT2D eigenvalue weighted by molar-refractivity contribution is 0.185. The van der Waals surface area contributed by atoms with E-state index in [0.717, 1.165) is 5.56 Å². The van der Waals surface area contributed by atoms with Crippen LogP contribution in [0.4, 0.5) is 0 Å². The Hall–Kier alpha value is -2.89. The van der Waals surface area contributed by atoms with Gasteiger partial charge in [0.05, 0.1) is 12.5 Å². The van der Waals surface area contributed by atoms with Gasteiger partial charge >= 0.3 is 0 Å². The highest BCUT2D eigenvalue weighted by atomic mass is 16.5. The molecule has 0 radical (unpaired) electrons. The second kappa shape index (κ2) is 4.81. The minimum absolute atomic E-state index is 0.0818. The Bertz CT molecular complexity index is 1090. The van der Waals surface area contributed by atoms with Crippen molar-refractivity contribution in [3.63, 3.8) is 0 Å². The SMILES string of the molecule is COc1c(O)ccc2c(=O)c3c(O)cc4c(c3oc12)C(C)(C)[C@@H](C)O4. The van der Waals surface area contributed by atoms with Gasteiger partial charge in [-0.3, -0.25) is 4.79 Å². The number of ether oxygens (including phenoxy) is 2. The van der Waals surface area contributed by atoms with Crippen molar-refractivity contribution < 1.29 is 24.1 Å². The van der Waals surface area contributed by atoms with E-state index in [9.17, 15) is 15.0 Å². The van der Waals surface area contributed by atoms with Gasteiger partial charge in [-0.2, -0.15) is 0 Å². The highest BCUT2D eigenvalue weighted by Crippen LogP contribution is 2.49. The molecule has 0 saturated heterocycles. The molecule has 0 aliphatic carbocycles. The van der Waals surface area contributed by atoms with E-state index in [-0.39, 0.29) is 50.7 Å². The molecule has 1 aliphatic heterocycles. The molecule has 3 aromatic rings. The van der Waals surface area contributed by atoms with Crippen LogP contribution in [0.5, 0.6) is 23.0 Å². The van der Waals surface area contributed by atoms with Crippen molar-refractivity contribution in [1.82, 2.24) is 0 Å². The van der Waals surface area contributed by atoms with Crippen LogP contribution >= 0.6 is 0 Å². The van der Waals surface area contributed by atoms with Crippen molar-refractivity contribution >= 4 is 21.9 Å². The summed E-state index contributed by atoms with van der Waals surface area (Å²) in [5, 5.41) is 20.7. The Kier molecular flexibility index (Phi) is 3.01. The number of hydrogen-bond acceptors (Lipinski definition) is 6. The summed E-state index contributed by atoms with van der Waals surface area (Å²) in [6, 6.07) is 4.28. The summed E-state index contributed by atoms with van der Waals surface area (Å²) in [7, 11) is 1.39. The lowest BCUT2D eigenvalue weighted by Crippen LogP contribution is -2.29. The fourth-order valence-electron chi connectivity index (χ4n) is 3.45. The van der Waals surface area contributed by atoms with Gasteiger partial charge in [0.2, 0.25) is 11.2 Å². The molecular weight excluding hydrogens is 324 g/mol. The van der Waals surface area contributed by atoms with E-state index in [0.29, 0.717) is 5.75 Å². The van der Waals surface area contributed by atoms with Crippen LogP contribution in [0.1, 0.15) is 26.3 Å². The number of fused-ring (bicyclic) bond motifs is 4. The average molecular weight is 342 g/mol. The van der Waals surface area contributed by atoms with Crippen LogP contribution in [0, 0.1) is 0 Å². The minimum atomic E-state index is -0.422. The Labute approximate surface area is 143 Å². The predicted octanol–water partition coefficient (Wildman–Crippen LogP) is 3.42. The number of phenolic OH excluding ortho intramolecular Hbond substituents is 2. The van der Waals surface area contributed by atoms with E-state index < -0.39 is 5.41 Å². The number of hydrogen-bond donors (Lipinski definition) is 2. The Morgan fingerprint density at radius 1 is 1.16 bits per heavy atom. The highest BCUT2D eigenvalue weighted by molar-refractivity contribution is 5.98.